The van der Waals surface area contributed by atoms with E-state index in [-0.39, 0.29) is 29.4 Å². The first-order valence-electron chi connectivity index (χ1n) is 7.17. The lowest BCUT2D eigenvalue weighted by Gasteiger charge is -2.07. The van der Waals surface area contributed by atoms with Crippen molar-refractivity contribution in [2.75, 3.05) is 13.7 Å². The first-order valence-corrected chi connectivity index (χ1v) is 7.54. The number of amides is 1. The maximum Gasteiger partial charge on any atom is 0.277 e. The Morgan fingerprint density at radius 1 is 1.38 bits per heavy atom. The summed E-state index contributed by atoms with van der Waals surface area (Å²) >= 11 is 5.90. The molecule has 0 heterocycles. The van der Waals surface area contributed by atoms with Crippen molar-refractivity contribution in [3.63, 3.8) is 0 Å². The molecule has 0 aliphatic heterocycles. The van der Waals surface area contributed by atoms with Crippen LogP contribution >= 0.6 is 11.6 Å². The number of nitro benzene ring substituents is 1. The van der Waals surface area contributed by atoms with Gasteiger partial charge in [0.15, 0.2) is 18.1 Å². The van der Waals surface area contributed by atoms with Gasteiger partial charge in [0, 0.05) is 11.6 Å². The Labute approximate surface area is 153 Å². The lowest BCUT2D eigenvalue weighted by Crippen LogP contribution is -2.24. The van der Waals surface area contributed by atoms with E-state index in [4.69, 9.17) is 21.1 Å². The van der Waals surface area contributed by atoms with E-state index in [1.54, 1.807) is 24.3 Å². The molecule has 0 bridgehead atoms. The van der Waals surface area contributed by atoms with Crippen molar-refractivity contribution in [1.29, 1.82) is 0 Å². The van der Waals surface area contributed by atoms with Crippen LogP contribution in [0.15, 0.2) is 41.5 Å². The van der Waals surface area contributed by atoms with E-state index in [0.717, 1.165) is 18.3 Å². The topological polar surface area (TPSA) is 123 Å². The molecule has 0 saturated heterocycles. The van der Waals surface area contributed by atoms with Gasteiger partial charge in [-0.15, -0.1) is 0 Å². The third-order valence-electron chi connectivity index (χ3n) is 3.11. The van der Waals surface area contributed by atoms with Gasteiger partial charge < -0.3 is 14.6 Å². The minimum absolute atomic E-state index is 0.00312. The highest BCUT2D eigenvalue weighted by Gasteiger charge is 2.15. The Balaban J connectivity index is 2.01. The number of methoxy groups -OCH3 is 1. The number of rotatable bonds is 7. The van der Waals surface area contributed by atoms with Crippen molar-refractivity contribution in [1.82, 2.24) is 5.43 Å². The van der Waals surface area contributed by atoms with Crippen LogP contribution in [0.3, 0.4) is 0 Å². The molecule has 2 N–H and O–H groups in total. The number of ether oxygens (including phenoxy) is 2. The zero-order valence-corrected chi connectivity index (χ0v) is 14.3. The second-order valence-corrected chi connectivity index (χ2v) is 5.26. The van der Waals surface area contributed by atoms with Crippen LogP contribution in [0.25, 0.3) is 0 Å². The molecule has 2 rings (SSSR count). The molecule has 136 valence electrons. The van der Waals surface area contributed by atoms with Crippen LogP contribution in [0, 0.1) is 10.1 Å². The highest BCUT2D eigenvalue weighted by molar-refractivity contribution is 6.32. The van der Waals surface area contributed by atoms with Crippen molar-refractivity contribution in [3.05, 3.63) is 57.1 Å². The Hall–Kier alpha value is -3.33. The number of non-ortho nitro benzene ring substituents is 1. The fourth-order valence-corrected chi connectivity index (χ4v) is 2.08. The number of nitrogens with zero attached hydrogens (tertiary/aromatic N) is 2. The van der Waals surface area contributed by atoms with Gasteiger partial charge in [0.05, 0.1) is 29.3 Å². The molecule has 0 unspecified atom stereocenters. The van der Waals surface area contributed by atoms with Crippen LogP contribution in [-0.2, 0) is 4.79 Å². The number of carbonyl (C=O) groups is 1. The molecule has 10 heteroatoms. The highest BCUT2D eigenvalue weighted by atomic mass is 35.5. The maximum atomic E-state index is 11.7. The molecule has 0 aliphatic carbocycles. The van der Waals surface area contributed by atoms with E-state index in [1.165, 1.54) is 7.11 Å². The summed E-state index contributed by atoms with van der Waals surface area (Å²) < 4.78 is 10.1. The molecule has 0 spiro atoms. The van der Waals surface area contributed by atoms with Crippen LogP contribution < -0.4 is 14.9 Å². The SMILES string of the molecule is COc1cc([N+](=O)[O-])cc(C=NNC(=O)COc2ccccc2Cl)c1O. The van der Waals surface area contributed by atoms with Crippen molar-refractivity contribution >= 4 is 29.4 Å². The van der Waals surface area contributed by atoms with E-state index in [1.807, 2.05) is 0 Å². The van der Waals surface area contributed by atoms with Gasteiger partial charge in [-0.2, -0.15) is 5.10 Å². The van der Waals surface area contributed by atoms with E-state index < -0.39 is 10.8 Å². The molecule has 2 aromatic rings. The molecular formula is C16H14ClN3O6. The van der Waals surface area contributed by atoms with Gasteiger partial charge in [-0.3, -0.25) is 14.9 Å². The fraction of sp³-hybridized carbons (Fsp3) is 0.125. The van der Waals surface area contributed by atoms with Gasteiger partial charge in [-0.25, -0.2) is 5.43 Å². The first-order chi connectivity index (χ1) is 12.4. The van der Waals surface area contributed by atoms with Crippen molar-refractivity contribution in [2.24, 2.45) is 5.10 Å². The lowest BCUT2D eigenvalue weighted by atomic mass is 10.2. The summed E-state index contributed by atoms with van der Waals surface area (Å²) in [5, 5.41) is 24.8. The largest absolute Gasteiger partial charge is 0.504 e. The van der Waals surface area contributed by atoms with Gasteiger partial charge in [-0.1, -0.05) is 23.7 Å². The van der Waals surface area contributed by atoms with Gasteiger partial charge in [0.1, 0.15) is 5.75 Å². The number of hydrazone groups is 1. The normalized spacial score (nSPS) is 10.5. The maximum absolute atomic E-state index is 11.7. The predicted molar refractivity (Wildman–Crippen MR) is 94.0 cm³/mol. The summed E-state index contributed by atoms with van der Waals surface area (Å²) in [4.78, 5) is 22.0. The molecule has 2 aromatic carbocycles. The first kappa shape index (κ1) is 19.0. The molecule has 0 atom stereocenters. The second kappa shape index (κ2) is 8.67. The molecule has 0 fully saturated rings. The zero-order chi connectivity index (χ0) is 19.1. The molecule has 9 nitrogen and oxygen atoms in total. The van der Waals surface area contributed by atoms with Crippen molar-refractivity contribution in [2.45, 2.75) is 0 Å². The van der Waals surface area contributed by atoms with E-state index in [9.17, 15) is 20.0 Å². The smallest absolute Gasteiger partial charge is 0.277 e. The molecular weight excluding hydrogens is 366 g/mol. The Morgan fingerprint density at radius 2 is 2.12 bits per heavy atom. The summed E-state index contributed by atoms with van der Waals surface area (Å²) in [5.41, 5.74) is 1.88. The van der Waals surface area contributed by atoms with Crippen LogP contribution in [0.1, 0.15) is 5.56 Å². The lowest BCUT2D eigenvalue weighted by molar-refractivity contribution is -0.385. The number of halogens is 1. The van der Waals surface area contributed by atoms with E-state index in [0.29, 0.717) is 10.8 Å². The number of phenolic OH excluding ortho intramolecular Hbond substituents is 1. The summed E-state index contributed by atoms with van der Waals surface area (Å²) in [6.45, 7) is -0.342. The van der Waals surface area contributed by atoms with Gasteiger partial charge in [-0.05, 0) is 12.1 Å². The van der Waals surface area contributed by atoms with Gasteiger partial charge in [0.2, 0.25) is 0 Å². The van der Waals surface area contributed by atoms with Crippen LogP contribution in [0.2, 0.25) is 5.02 Å². The number of benzene rings is 2. The minimum atomic E-state index is -0.644. The third kappa shape index (κ3) is 4.84. The predicted octanol–water partition coefficient (Wildman–Crippen LogP) is 2.49. The summed E-state index contributed by atoms with van der Waals surface area (Å²) in [6, 6.07) is 8.81. The monoisotopic (exact) mass is 379 g/mol. The standard InChI is InChI=1S/C16H14ClN3O6/c1-25-14-7-11(20(23)24)6-10(16(14)22)8-18-19-15(21)9-26-13-5-3-2-4-12(13)17/h2-8,22H,9H2,1H3,(H,19,21). The number of aromatic hydroxyl groups is 1. The summed E-state index contributed by atoms with van der Waals surface area (Å²) in [5.74, 6) is -0.676. The molecule has 1 amide bonds. The Kier molecular flexibility index (Phi) is 6.34. The number of hydrogen-bond acceptors (Lipinski definition) is 7. The van der Waals surface area contributed by atoms with Crippen LogP contribution in [0.4, 0.5) is 5.69 Å². The van der Waals surface area contributed by atoms with Gasteiger partial charge >= 0.3 is 0 Å². The Morgan fingerprint density at radius 3 is 2.77 bits per heavy atom. The minimum Gasteiger partial charge on any atom is -0.504 e. The van der Waals surface area contributed by atoms with Crippen molar-refractivity contribution in [3.8, 4) is 17.2 Å². The molecule has 0 saturated carbocycles. The average Bonchev–Trinajstić information content (AvgIpc) is 2.62. The zero-order valence-electron chi connectivity index (χ0n) is 13.5. The molecule has 0 aromatic heterocycles. The summed E-state index contributed by atoms with van der Waals surface area (Å²) in [7, 11) is 1.26. The Bertz CT molecular complexity index is 856. The second-order valence-electron chi connectivity index (χ2n) is 4.86. The third-order valence-corrected chi connectivity index (χ3v) is 3.42. The van der Waals surface area contributed by atoms with E-state index >= 15 is 0 Å². The number of nitrogens with one attached hydrogen (secondary N) is 1. The number of hydrogen-bond donors (Lipinski definition) is 2. The highest BCUT2D eigenvalue weighted by Crippen LogP contribution is 2.33. The van der Waals surface area contributed by atoms with E-state index in [2.05, 4.69) is 10.5 Å². The molecule has 0 aliphatic rings. The number of para-hydroxylation sites is 1. The van der Waals surface area contributed by atoms with Crippen LogP contribution in [-0.4, -0.2) is 35.9 Å². The number of nitro groups is 1. The quantitative estimate of drug-likeness (QED) is 0.432. The molecule has 26 heavy (non-hydrogen) atoms. The van der Waals surface area contributed by atoms with Crippen LogP contribution in [0.5, 0.6) is 17.2 Å². The molecule has 0 radical (unpaired) electrons. The van der Waals surface area contributed by atoms with Crippen molar-refractivity contribution < 1.29 is 24.3 Å². The fourth-order valence-electron chi connectivity index (χ4n) is 1.88. The summed E-state index contributed by atoms with van der Waals surface area (Å²) in [6.07, 6.45) is 1.05. The van der Waals surface area contributed by atoms with Gasteiger partial charge in [0.25, 0.3) is 11.6 Å². The number of carbonyl (C=O) groups excluding carboxylic acids is 1. The average molecular weight is 380 g/mol. The number of phenols is 1.